The molecule has 6 nitrogen and oxygen atoms in total. The van der Waals surface area contributed by atoms with E-state index in [2.05, 4.69) is 0 Å². The first-order valence-corrected chi connectivity index (χ1v) is 9.91. The SMILES string of the molecule is Cc1ccccc1S(=O)(=O)NC(=O)c1ccc(S(C)(=O)=O)cc1. The lowest BCUT2D eigenvalue weighted by Gasteiger charge is -2.09. The number of sulfone groups is 1. The molecule has 23 heavy (non-hydrogen) atoms. The smallest absolute Gasteiger partial charge is 0.264 e. The van der Waals surface area contributed by atoms with Crippen LogP contribution in [0.2, 0.25) is 0 Å². The van der Waals surface area contributed by atoms with E-state index in [-0.39, 0.29) is 15.4 Å². The van der Waals surface area contributed by atoms with Gasteiger partial charge in [0.1, 0.15) is 0 Å². The Morgan fingerprint density at radius 3 is 2.00 bits per heavy atom. The predicted molar refractivity (Wildman–Crippen MR) is 85.4 cm³/mol. The van der Waals surface area contributed by atoms with E-state index >= 15 is 0 Å². The predicted octanol–water partition coefficient (Wildman–Crippen LogP) is 1.52. The fraction of sp³-hybridized carbons (Fsp3) is 0.133. The van der Waals surface area contributed by atoms with Crippen LogP contribution in [-0.2, 0) is 19.9 Å². The van der Waals surface area contributed by atoms with E-state index in [9.17, 15) is 21.6 Å². The second kappa shape index (κ2) is 6.13. The van der Waals surface area contributed by atoms with Gasteiger partial charge in [-0.2, -0.15) is 0 Å². The van der Waals surface area contributed by atoms with Gasteiger partial charge in [-0.15, -0.1) is 0 Å². The Labute approximate surface area is 135 Å². The molecule has 0 radical (unpaired) electrons. The van der Waals surface area contributed by atoms with Gasteiger partial charge in [-0.05, 0) is 42.8 Å². The van der Waals surface area contributed by atoms with Crippen LogP contribution in [0.4, 0.5) is 0 Å². The van der Waals surface area contributed by atoms with Crippen LogP contribution in [0.25, 0.3) is 0 Å². The molecule has 0 saturated carbocycles. The van der Waals surface area contributed by atoms with Crippen LogP contribution >= 0.6 is 0 Å². The van der Waals surface area contributed by atoms with E-state index in [0.29, 0.717) is 5.56 Å². The van der Waals surface area contributed by atoms with Crippen LogP contribution in [0.5, 0.6) is 0 Å². The second-order valence-electron chi connectivity index (χ2n) is 5.00. The van der Waals surface area contributed by atoms with Crippen LogP contribution in [0.3, 0.4) is 0 Å². The van der Waals surface area contributed by atoms with Gasteiger partial charge < -0.3 is 0 Å². The summed E-state index contributed by atoms with van der Waals surface area (Å²) in [5.41, 5.74) is 0.565. The zero-order chi connectivity index (χ0) is 17.3. The van der Waals surface area contributed by atoms with Gasteiger partial charge in [-0.3, -0.25) is 4.79 Å². The molecule has 1 amide bonds. The lowest BCUT2D eigenvalue weighted by molar-refractivity contribution is 0.0981. The van der Waals surface area contributed by atoms with Crippen molar-refractivity contribution in [3.05, 3.63) is 59.7 Å². The first kappa shape index (κ1) is 17.2. The topological polar surface area (TPSA) is 97.4 Å². The van der Waals surface area contributed by atoms with Crippen molar-refractivity contribution in [2.24, 2.45) is 0 Å². The van der Waals surface area contributed by atoms with Crippen LogP contribution in [0.15, 0.2) is 58.3 Å². The number of sulfonamides is 1. The maximum absolute atomic E-state index is 12.2. The molecule has 0 heterocycles. The highest BCUT2D eigenvalue weighted by Crippen LogP contribution is 2.15. The summed E-state index contributed by atoms with van der Waals surface area (Å²) in [6.45, 7) is 1.62. The van der Waals surface area contributed by atoms with Gasteiger partial charge >= 0.3 is 0 Å². The second-order valence-corrected chi connectivity index (χ2v) is 8.66. The molecule has 0 aliphatic heterocycles. The van der Waals surface area contributed by atoms with Crippen molar-refractivity contribution in [3.63, 3.8) is 0 Å². The average Bonchev–Trinajstić information content (AvgIpc) is 2.46. The number of hydrogen-bond donors (Lipinski definition) is 1. The summed E-state index contributed by atoms with van der Waals surface area (Å²) in [7, 11) is -7.37. The number of aryl methyl sites for hydroxylation is 1. The Bertz CT molecular complexity index is 946. The molecule has 2 rings (SSSR count). The summed E-state index contributed by atoms with van der Waals surface area (Å²) in [6, 6.07) is 11.3. The monoisotopic (exact) mass is 353 g/mol. The fourth-order valence-electron chi connectivity index (χ4n) is 1.95. The summed E-state index contributed by atoms with van der Waals surface area (Å²) < 4.78 is 49.2. The Balaban J connectivity index is 2.27. The van der Waals surface area contributed by atoms with E-state index < -0.39 is 25.8 Å². The number of benzene rings is 2. The van der Waals surface area contributed by atoms with Crippen LogP contribution < -0.4 is 4.72 Å². The van der Waals surface area contributed by atoms with E-state index in [1.165, 1.54) is 30.3 Å². The van der Waals surface area contributed by atoms with Gasteiger partial charge in [0.15, 0.2) is 9.84 Å². The molecule has 0 saturated heterocycles. The van der Waals surface area contributed by atoms with Crippen LogP contribution in [-0.4, -0.2) is 29.0 Å². The molecule has 122 valence electrons. The minimum atomic E-state index is -3.99. The molecular formula is C15H15NO5S2. The summed E-state index contributed by atoms with van der Waals surface area (Å²) in [6.07, 6.45) is 1.05. The molecule has 2 aromatic carbocycles. The molecule has 1 N–H and O–H groups in total. The molecule has 2 aromatic rings. The summed E-state index contributed by atoms with van der Waals surface area (Å²) in [4.78, 5) is 12.1. The molecule has 0 aliphatic carbocycles. The van der Waals surface area contributed by atoms with Gasteiger partial charge in [0.2, 0.25) is 0 Å². The summed E-state index contributed by atoms with van der Waals surface area (Å²) in [5, 5.41) is 0. The quantitative estimate of drug-likeness (QED) is 0.899. The third-order valence-corrected chi connectivity index (χ3v) is 5.77. The van der Waals surface area contributed by atoms with Crippen LogP contribution in [0, 0.1) is 6.92 Å². The van der Waals surface area contributed by atoms with Gasteiger partial charge in [-0.25, -0.2) is 21.6 Å². The highest BCUT2D eigenvalue weighted by molar-refractivity contribution is 7.90. The molecule has 0 fully saturated rings. The third kappa shape index (κ3) is 3.96. The number of hydrogen-bond acceptors (Lipinski definition) is 5. The van der Waals surface area contributed by atoms with Crippen molar-refractivity contribution in [2.45, 2.75) is 16.7 Å². The highest BCUT2D eigenvalue weighted by Gasteiger charge is 2.20. The lowest BCUT2D eigenvalue weighted by atomic mass is 10.2. The Morgan fingerprint density at radius 1 is 0.913 bits per heavy atom. The van der Waals surface area contributed by atoms with Crippen molar-refractivity contribution in [3.8, 4) is 0 Å². The Kier molecular flexibility index (Phi) is 4.58. The Morgan fingerprint density at radius 2 is 1.48 bits per heavy atom. The molecular weight excluding hydrogens is 338 g/mol. The minimum absolute atomic E-state index is 0.0149. The third-order valence-electron chi connectivity index (χ3n) is 3.15. The van der Waals surface area contributed by atoms with E-state index in [1.807, 2.05) is 4.72 Å². The molecule has 0 atom stereocenters. The average molecular weight is 353 g/mol. The highest BCUT2D eigenvalue weighted by atomic mass is 32.2. The summed E-state index contributed by atoms with van der Waals surface area (Å²) >= 11 is 0. The molecule has 0 unspecified atom stereocenters. The standard InChI is InChI=1S/C15H15NO5S2/c1-11-5-3-4-6-14(11)23(20,21)16-15(17)12-7-9-13(10-8-12)22(2,18)19/h3-10H,1-2H3,(H,16,17). The normalized spacial score (nSPS) is 11.9. The zero-order valence-corrected chi connectivity index (χ0v) is 14.1. The van der Waals surface area contributed by atoms with Crippen molar-refractivity contribution in [2.75, 3.05) is 6.26 Å². The largest absolute Gasteiger partial charge is 0.268 e. The number of carbonyl (C=O) groups is 1. The van der Waals surface area contributed by atoms with Gasteiger partial charge in [0, 0.05) is 11.8 Å². The van der Waals surface area contributed by atoms with Crippen molar-refractivity contribution < 1.29 is 21.6 Å². The number of carbonyl (C=O) groups excluding carboxylic acids is 1. The van der Waals surface area contributed by atoms with E-state index in [0.717, 1.165) is 6.26 Å². The first-order chi connectivity index (χ1) is 10.6. The molecule has 0 bridgehead atoms. The summed E-state index contributed by atoms with van der Waals surface area (Å²) in [5.74, 6) is -0.826. The van der Waals surface area contributed by atoms with E-state index in [4.69, 9.17) is 0 Å². The molecule has 8 heteroatoms. The van der Waals surface area contributed by atoms with Crippen molar-refractivity contribution in [1.82, 2.24) is 4.72 Å². The molecule has 0 aromatic heterocycles. The lowest BCUT2D eigenvalue weighted by Crippen LogP contribution is -2.31. The van der Waals surface area contributed by atoms with Gasteiger partial charge in [0.25, 0.3) is 15.9 Å². The number of amides is 1. The Hall–Kier alpha value is -2.19. The van der Waals surface area contributed by atoms with Crippen LogP contribution in [0.1, 0.15) is 15.9 Å². The van der Waals surface area contributed by atoms with Crippen molar-refractivity contribution in [1.29, 1.82) is 0 Å². The molecule has 0 aliphatic rings. The zero-order valence-electron chi connectivity index (χ0n) is 12.5. The fourth-order valence-corrected chi connectivity index (χ4v) is 3.80. The number of rotatable bonds is 4. The molecule has 0 spiro atoms. The first-order valence-electron chi connectivity index (χ1n) is 6.54. The van der Waals surface area contributed by atoms with Crippen molar-refractivity contribution >= 4 is 25.8 Å². The maximum Gasteiger partial charge on any atom is 0.264 e. The number of nitrogens with one attached hydrogen (secondary N) is 1. The van der Waals surface area contributed by atoms with E-state index in [1.54, 1.807) is 25.1 Å². The minimum Gasteiger partial charge on any atom is -0.268 e. The van der Waals surface area contributed by atoms with Gasteiger partial charge in [-0.1, -0.05) is 18.2 Å². The maximum atomic E-state index is 12.2. The van der Waals surface area contributed by atoms with Gasteiger partial charge in [0.05, 0.1) is 9.79 Å².